The van der Waals surface area contributed by atoms with Gasteiger partial charge in [0.05, 0.1) is 26.5 Å². The Bertz CT molecular complexity index is 1720. The predicted octanol–water partition coefficient (Wildman–Crippen LogP) is 3.86. The second kappa shape index (κ2) is 13.3. The molecule has 226 valence electrons. The number of rotatable bonds is 11. The van der Waals surface area contributed by atoms with Gasteiger partial charge in [0.2, 0.25) is 0 Å². The van der Waals surface area contributed by atoms with Crippen LogP contribution in [-0.4, -0.2) is 49.7 Å². The van der Waals surface area contributed by atoms with Crippen LogP contribution < -0.4 is 26.5 Å². The standard InChI is InChI=1S/C31H36N6O5S/c1-35-29(39)27(28(32)36(31(35)40)18-20-10-6-4-7-11-20)23(38)19-43-30-34-33-26(37(30)22-12-8-5-9-13-22)17-21-14-15-24(41-2)25(16-21)42-3/h4,6-7,10-11,14-16,22H,5,8-9,12-13,17-19,32H2,1-3H3. The molecule has 4 aromatic rings. The van der Waals surface area contributed by atoms with E-state index in [0.717, 1.165) is 47.2 Å². The topological polar surface area (TPSA) is 136 Å². The van der Waals surface area contributed by atoms with Crippen molar-refractivity contribution >= 4 is 23.4 Å². The van der Waals surface area contributed by atoms with E-state index in [1.165, 1.54) is 29.8 Å². The molecule has 2 heterocycles. The summed E-state index contributed by atoms with van der Waals surface area (Å²) in [6, 6.07) is 15.3. The van der Waals surface area contributed by atoms with E-state index in [9.17, 15) is 14.4 Å². The molecule has 43 heavy (non-hydrogen) atoms. The minimum Gasteiger partial charge on any atom is -0.493 e. The smallest absolute Gasteiger partial charge is 0.332 e. The number of carbonyl (C=O) groups excluding carboxylic acids is 1. The van der Waals surface area contributed by atoms with Gasteiger partial charge in [0, 0.05) is 19.5 Å². The average Bonchev–Trinajstić information content (AvgIpc) is 3.44. The van der Waals surface area contributed by atoms with Gasteiger partial charge in [0.15, 0.2) is 22.4 Å². The minimum atomic E-state index is -0.708. The van der Waals surface area contributed by atoms with E-state index in [1.807, 2.05) is 48.5 Å². The molecule has 0 amide bonds. The molecule has 0 saturated heterocycles. The molecule has 0 bridgehead atoms. The maximum Gasteiger partial charge on any atom is 0.332 e. The molecular formula is C31H36N6O5S. The highest BCUT2D eigenvalue weighted by Gasteiger charge is 2.26. The van der Waals surface area contributed by atoms with Crippen molar-refractivity contribution in [3.8, 4) is 11.5 Å². The Balaban J connectivity index is 1.43. The summed E-state index contributed by atoms with van der Waals surface area (Å²) in [5.74, 6) is 1.40. The first kappa shape index (κ1) is 30.1. The second-order valence-electron chi connectivity index (χ2n) is 10.6. The number of benzene rings is 2. The number of hydrogen-bond donors (Lipinski definition) is 1. The number of nitrogen functional groups attached to an aromatic ring is 1. The molecule has 1 aliphatic rings. The lowest BCUT2D eigenvalue weighted by atomic mass is 9.95. The zero-order valence-electron chi connectivity index (χ0n) is 24.6. The van der Waals surface area contributed by atoms with Crippen LogP contribution in [0.5, 0.6) is 11.5 Å². The van der Waals surface area contributed by atoms with Crippen molar-refractivity contribution in [2.24, 2.45) is 7.05 Å². The van der Waals surface area contributed by atoms with Gasteiger partial charge >= 0.3 is 5.69 Å². The van der Waals surface area contributed by atoms with Crippen LogP contribution in [0.25, 0.3) is 0 Å². The van der Waals surface area contributed by atoms with Crippen LogP contribution in [0.4, 0.5) is 5.82 Å². The molecule has 11 nitrogen and oxygen atoms in total. The highest BCUT2D eigenvalue weighted by molar-refractivity contribution is 7.99. The lowest BCUT2D eigenvalue weighted by molar-refractivity contribution is 0.102. The molecule has 1 fully saturated rings. The van der Waals surface area contributed by atoms with Crippen LogP contribution in [-0.2, 0) is 20.0 Å². The number of hydrogen-bond acceptors (Lipinski definition) is 9. The summed E-state index contributed by atoms with van der Waals surface area (Å²) in [4.78, 5) is 39.5. The quantitative estimate of drug-likeness (QED) is 0.200. The second-order valence-corrected chi connectivity index (χ2v) is 11.6. The van der Waals surface area contributed by atoms with Gasteiger partial charge in [-0.05, 0) is 36.1 Å². The van der Waals surface area contributed by atoms with Crippen LogP contribution in [0.3, 0.4) is 0 Å². The fourth-order valence-electron chi connectivity index (χ4n) is 5.57. The number of thioether (sulfide) groups is 1. The third-order valence-corrected chi connectivity index (χ3v) is 8.81. The molecule has 12 heteroatoms. The number of methoxy groups -OCH3 is 2. The van der Waals surface area contributed by atoms with E-state index >= 15 is 0 Å². The summed E-state index contributed by atoms with van der Waals surface area (Å²) in [5.41, 5.74) is 6.66. The average molecular weight is 605 g/mol. The monoisotopic (exact) mass is 604 g/mol. The molecule has 0 atom stereocenters. The summed E-state index contributed by atoms with van der Waals surface area (Å²) in [7, 11) is 4.56. The Morgan fingerprint density at radius 2 is 1.70 bits per heavy atom. The molecule has 0 radical (unpaired) electrons. The summed E-state index contributed by atoms with van der Waals surface area (Å²) in [6.07, 6.45) is 5.92. The SMILES string of the molecule is COc1ccc(Cc2nnc(SCC(=O)c3c(N)n(Cc4ccccc4)c(=O)n(C)c3=O)n2C2CCCCC2)cc1OC. The zero-order chi connectivity index (χ0) is 30.5. The predicted molar refractivity (Wildman–Crippen MR) is 165 cm³/mol. The van der Waals surface area contributed by atoms with E-state index in [1.54, 1.807) is 14.2 Å². The van der Waals surface area contributed by atoms with Crippen molar-refractivity contribution in [2.75, 3.05) is 25.7 Å². The largest absolute Gasteiger partial charge is 0.493 e. The van der Waals surface area contributed by atoms with Crippen LogP contribution >= 0.6 is 11.8 Å². The molecule has 1 saturated carbocycles. The summed E-state index contributed by atoms with van der Waals surface area (Å²) in [5, 5.41) is 9.62. The first-order valence-corrected chi connectivity index (χ1v) is 15.2. The number of anilines is 1. The first-order valence-electron chi connectivity index (χ1n) is 14.3. The maximum absolute atomic E-state index is 13.5. The summed E-state index contributed by atoms with van der Waals surface area (Å²) in [6.45, 7) is 0.141. The lowest BCUT2D eigenvalue weighted by Gasteiger charge is -2.25. The molecular weight excluding hydrogens is 568 g/mol. The number of aromatic nitrogens is 5. The van der Waals surface area contributed by atoms with Crippen molar-refractivity contribution in [1.29, 1.82) is 0 Å². The van der Waals surface area contributed by atoms with Crippen LogP contribution in [0, 0.1) is 0 Å². The molecule has 0 unspecified atom stereocenters. The van der Waals surface area contributed by atoms with Crippen LogP contribution in [0.1, 0.15) is 65.5 Å². The number of Topliss-reactive ketones (excluding diaryl/α,β-unsaturated/α-hetero) is 1. The van der Waals surface area contributed by atoms with Crippen molar-refractivity contribution in [2.45, 2.75) is 56.3 Å². The van der Waals surface area contributed by atoms with E-state index < -0.39 is 17.0 Å². The third kappa shape index (κ3) is 6.38. The molecule has 0 spiro atoms. The molecule has 2 aromatic carbocycles. The maximum atomic E-state index is 13.5. The summed E-state index contributed by atoms with van der Waals surface area (Å²) < 4.78 is 15.2. The number of carbonyl (C=O) groups is 1. The Labute approximate surface area is 253 Å². The van der Waals surface area contributed by atoms with E-state index in [-0.39, 0.29) is 29.7 Å². The van der Waals surface area contributed by atoms with Gasteiger partial charge in [0.25, 0.3) is 5.56 Å². The Morgan fingerprint density at radius 3 is 2.40 bits per heavy atom. The zero-order valence-corrected chi connectivity index (χ0v) is 25.4. The van der Waals surface area contributed by atoms with E-state index in [0.29, 0.717) is 23.1 Å². The van der Waals surface area contributed by atoms with Crippen molar-refractivity contribution in [1.82, 2.24) is 23.9 Å². The number of nitrogens with zero attached hydrogens (tertiary/aromatic N) is 5. The highest BCUT2D eigenvalue weighted by Crippen LogP contribution is 2.34. The molecule has 2 N–H and O–H groups in total. The fourth-order valence-corrected chi connectivity index (χ4v) is 6.47. The fraction of sp³-hybridized carbons (Fsp3) is 0.387. The molecule has 2 aromatic heterocycles. The normalized spacial score (nSPS) is 13.7. The van der Waals surface area contributed by atoms with Crippen molar-refractivity contribution < 1.29 is 14.3 Å². The lowest BCUT2D eigenvalue weighted by Crippen LogP contribution is -2.43. The van der Waals surface area contributed by atoms with Crippen molar-refractivity contribution in [3.05, 3.63) is 91.9 Å². The van der Waals surface area contributed by atoms with Gasteiger partial charge in [-0.1, -0.05) is 67.4 Å². The number of ketones is 1. The number of nitrogens with two attached hydrogens (primary N) is 1. The molecule has 1 aliphatic carbocycles. The third-order valence-electron chi connectivity index (χ3n) is 7.86. The molecule has 0 aliphatic heterocycles. The summed E-state index contributed by atoms with van der Waals surface area (Å²) >= 11 is 1.23. The first-order chi connectivity index (χ1) is 20.8. The minimum absolute atomic E-state index is 0.0792. The Morgan fingerprint density at radius 1 is 0.977 bits per heavy atom. The molecule has 5 rings (SSSR count). The van der Waals surface area contributed by atoms with E-state index in [2.05, 4.69) is 14.8 Å². The van der Waals surface area contributed by atoms with Crippen molar-refractivity contribution in [3.63, 3.8) is 0 Å². The van der Waals surface area contributed by atoms with Crippen LogP contribution in [0.2, 0.25) is 0 Å². The van der Waals surface area contributed by atoms with Gasteiger partial charge in [-0.15, -0.1) is 10.2 Å². The van der Waals surface area contributed by atoms with Gasteiger partial charge in [0.1, 0.15) is 17.2 Å². The van der Waals surface area contributed by atoms with Gasteiger partial charge < -0.3 is 19.8 Å². The van der Waals surface area contributed by atoms with Gasteiger partial charge in [-0.3, -0.25) is 18.7 Å². The van der Waals surface area contributed by atoms with Gasteiger partial charge in [-0.2, -0.15) is 0 Å². The Kier molecular flexibility index (Phi) is 9.34. The Hall–Kier alpha value is -4.32. The number of ether oxygens (including phenoxy) is 2. The highest BCUT2D eigenvalue weighted by atomic mass is 32.2. The van der Waals surface area contributed by atoms with Crippen LogP contribution in [0.15, 0.2) is 63.3 Å². The van der Waals surface area contributed by atoms with Gasteiger partial charge in [-0.25, -0.2) is 4.79 Å². The van der Waals surface area contributed by atoms with E-state index in [4.69, 9.17) is 15.2 Å².